The van der Waals surface area contributed by atoms with Crippen molar-refractivity contribution in [3.8, 4) is 0 Å². The first-order chi connectivity index (χ1) is 8.90. The first-order valence-electron chi connectivity index (χ1n) is 6.24. The highest BCUT2D eigenvalue weighted by Gasteiger charge is 2.22. The SMILES string of the molecule is CCN(CC(C)/C(N)=N/O)C(=O)c1cc(C)oc1C. The molecule has 1 rings (SSSR count). The van der Waals surface area contributed by atoms with Crippen molar-refractivity contribution in [2.24, 2.45) is 16.8 Å². The van der Waals surface area contributed by atoms with E-state index in [2.05, 4.69) is 5.16 Å². The summed E-state index contributed by atoms with van der Waals surface area (Å²) in [5.74, 6) is 1.13. The molecule has 1 heterocycles. The quantitative estimate of drug-likeness (QED) is 0.368. The van der Waals surface area contributed by atoms with Gasteiger partial charge < -0.3 is 20.3 Å². The zero-order chi connectivity index (χ0) is 14.6. The molecule has 0 saturated heterocycles. The largest absolute Gasteiger partial charge is 0.466 e. The van der Waals surface area contributed by atoms with Crippen LogP contribution in [0.3, 0.4) is 0 Å². The van der Waals surface area contributed by atoms with Crippen molar-refractivity contribution in [2.75, 3.05) is 13.1 Å². The topological polar surface area (TPSA) is 92.1 Å². The number of aryl methyl sites for hydroxylation is 2. The van der Waals surface area contributed by atoms with Gasteiger partial charge in [-0.15, -0.1) is 0 Å². The lowest BCUT2D eigenvalue weighted by Crippen LogP contribution is -2.38. The maximum Gasteiger partial charge on any atom is 0.257 e. The van der Waals surface area contributed by atoms with Crippen molar-refractivity contribution >= 4 is 11.7 Å². The van der Waals surface area contributed by atoms with Crippen LogP contribution in [0.4, 0.5) is 0 Å². The van der Waals surface area contributed by atoms with Crippen molar-refractivity contribution in [3.05, 3.63) is 23.2 Å². The number of furan rings is 1. The van der Waals surface area contributed by atoms with E-state index in [1.807, 2.05) is 6.92 Å². The first kappa shape index (κ1) is 15.1. The Labute approximate surface area is 112 Å². The Morgan fingerprint density at radius 3 is 2.63 bits per heavy atom. The molecule has 0 radical (unpaired) electrons. The summed E-state index contributed by atoms with van der Waals surface area (Å²) >= 11 is 0. The molecule has 1 amide bonds. The van der Waals surface area contributed by atoms with Crippen molar-refractivity contribution in [1.29, 1.82) is 0 Å². The molecule has 1 aromatic rings. The molecule has 0 aliphatic rings. The Morgan fingerprint density at radius 1 is 1.58 bits per heavy atom. The van der Waals surface area contributed by atoms with Gasteiger partial charge in [-0.3, -0.25) is 4.79 Å². The third kappa shape index (κ3) is 3.49. The number of oxime groups is 1. The van der Waals surface area contributed by atoms with E-state index in [1.54, 1.807) is 31.7 Å². The molecule has 1 aromatic heterocycles. The number of nitrogens with two attached hydrogens (primary N) is 1. The van der Waals surface area contributed by atoms with Crippen molar-refractivity contribution in [1.82, 2.24) is 4.90 Å². The van der Waals surface area contributed by atoms with Gasteiger partial charge in [0.15, 0.2) is 0 Å². The fourth-order valence-electron chi connectivity index (χ4n) is 1.89. The summed E-state index contributed by atoms with van der Waals surface area (Å²) in [5.41, 5.74) is 6.10. The Kier molecular flexibility index (Phi) is 4.97. The fourth-order valence-corrected chi connectivity index (χ4v) is 1.89. The van der Waals surface area contributed by atoms with Gasteiger partial charge in [0.2, 0.25) is 0 Å². The van der Waals surface area contributed by atoms with Crippen LogP contribution in [0.25, 0.3) is 0 Å². The van der Waals surface area contributed by atoms with Gasteiger partial charge in [-0.2, -0.15) is 0 Å². The van der Waals surface area contributed by atoms with Crippen LogP contribution in [0.5, 0.6) is 0 Å². The molecule has 1 unspecified atom stereocenters. The highest BCUT2D eigenvalue weighted by molar-refractivity contribution is 5.95. The van der Waals surface area contributed by atoms with Gasteiger partial charge in [-0.05, 0) is 26.8 Å². The molecule has 0 aromatic carbocycles. The van der Waals surface area contributed by atoms with Gasteiger partial charge in [0, 0.05) is 19.0 Å². The predicted octanol–water partition coefficient (Wildman–Crippen LogP) is 1.74. The second-order valence-electron chi connectivity index (χ2n) is 4.60. The van der Waals surface area contributed by atoms with Gasteiger partial charge in [0.1, 0.15) is 17.4 Å². The lowest BCUT2D eigenvalue weighted by molar-refractivity contribution is 0.0752. The molecule has 19 heavy (non-hydrogen) atoms. The summed E-state index contributed by atoms with van der Waals surface area (Å²) in [5, 5.41) is 11.6. The van der Waals surface area contributed by atoms with E-state index < -0.39 is 0 Å². The zero-order valence-corrected chi connectivity index (χ0v) is 11.8. The van der Waals surface area contributed by atoms with Gasteiger partial charge in [-0.1, -0.05) is 12.1 Å². The molecule has 0 saturated carbocycles. The number of rotatable bonds is 5. The van der Waals surface area contributed by atoms with Crippen LogP contribution in [0.2, 0.25) is 0 Å². The molecule has 6 heteroatoms. The lowest BCUT2D eigenvalue weighted by Gasteiger charge is -2.23. The third-order valence-corrected chi connectivity index (χ3v) is 3.05. The van der Waals surface area contributed by atoms with Crippen LogP contribution in [0.15, 0.2) is 15.6 Å². The van der Waals surface area contributed by atoms with Crippen LogP contribution in [0, 0.1) is 19.8 Å². The molecule has 6 nitrogen and oxygen atoms in total. The smallest absolute Gasteiger partial charge is 0.257 e. The molecule has 0 spiro atoms. The van der Waals surface area contributed by atoms with Gasteiger partial charge in [0.05, 0.1) is 5.56 Å². The van der Waals surface area contributed by atoms with E-state index in [0.717, 1.165) is 0 Å². The molecule has 0 fully saturated rings. The summed E-state index contributed by atoms with van der Waals surface area (Å²) in [6.45, 7) is 8.21. The van der Waals surface area contributed by atoms with Crippen molar-refractivity contribution in [3.63, 3.8) is 0 Å². The van der Waals surface area contributed by atoms with Crippen molar-refractivity contribution < 1.29 is 14.4 Å². The van der Waals surface area contributed by atoms with E-state index in [9.17, 15) is 4.79 Å². The summed E-state index contributed by atoms with van der Waals surface area (Å²) in [6.07, 6.45) is 0. The third-order valence-electron chi connectivity index (χ3n) is 3.05. The number of hydrogen-bond donors (Lipinski definition) is 2. The molecular weight excluding hydrogens is 246 g/mol. The fraction of sp³-hybridized carbons (Fsp3) is 0.538. The van der Waals surface area contributed by atoms with Crippen LogP contribution >= 0.6 is 0 Å². The van der Waals surface area contributed by atoms with Crippen molar-refractivity contribution in [2.45, 2.75) is 27.7 Å². The Bertz CT molecular complexity index is 479. The molecule has 3 N–H and O–H groups in total. The number of nitrogens with zero attached hydrogens (tertiary/aromatic N) is 2. The van der Waals surface area contributed by atoms with E-state index in [0.29, 0.717) is 30.2 Å². The number of hydrogen-bond acceptors (Lipinski definition) is 4. The monoisotopic (exact) mass is 267 g/mol. The van der Waals surface area contributed by atoms with Gasteiger partial charge in [-0.25, -0.2) is 0 Å². The molecule has 0 aliphatic heterocycles. The Balaban J connectivity index is 2.86. The molecule has 0 aliphatic carbocycles. The minimum atomic E-state index is -0.206. The minimum Gasteiger partial charge on any atom is -0.466 e. The maximum atomic E-state index is 12.4. The van der Waals surface area contributed by atoms with Gasteiger partial charge in [0.25, 0.3) is 5.91 Å². The summed E-state index contributed by atoms with van der Waals surface area (Å²) in [6, 6.07) is 1.73. The van der Waals surface area contributed by atoms with Crippen LogP contribution in [-0.4, -0.2) is 34.9 Å². The first-order valence-corrected chi connectivity index (χ1v) is 6.24. The maximum absolute atomic E-state index is 12.4. The Morgan fingerprint density at radius 2 is 2.21 bits per heavy atom. The normalized spacial score (nSPS) is 13.4. The second-order valence-corrected chi connectivity index (χ2v) is 4.60. The lowest BCUT2D eigenvalue weighted by atomic mass is 10.1. The van der Waals surface area contributed by atoms with E-state index in [1.165, 1.54) is 0 Å². The van der Waals surface area contributed by atoms with Crippen LogP contribution < -0.4 is 5.73 Å². The Hall–Kier alpha value is -1.98. The summed E-state index contributed by atoms with van der Waals surface area (Å²) < 4.78 is 5.37. The number of amidine groups is 1. The standard InChI is InChI=1S/C13H21N3O3/c1-5-16(7-8(2)12(14)15-18)13(17)11-6-9(3)19-10(11)4/h6,8,18H,5,7H2,1-4H3,(H2,14,15). The average Bonchev–Trinajstić information content (AvgIpc) is 2.72. The predicted molar refractivity (Wildman–Crippen MR) is 72.3 cm³/mol. The van der Waals surface area contributed by atoms with E-state index in [-0.39, 0.29) is 17.7 Å². The number of amides is 1. The second kappa shape index (κ2) is 6.26. The minimum absolute atomic E-state index is 0.102. The molecule has 106 valence electrons. The van der Waals surface area contributed by atoms with Gasteiger partial charge >= 0.3 is 0 Å². The molecule has 1 atom stereocenters. The molecule has 0 bridgehead atoms. The number of carbonyl (C=O) groups excluding carboxylic acids is 1. The van der Waals surface area contributed by atoms with Crippen LogP contribution in [-0.2, 0) is 0 Å². The highest BCUT2D eigenvalue weighted by atomic mass is 16.4. The van der Waals surface area contributed by atoms with E-state index in [4.69, 9.17) is 15.4 Å². The summed E-state index contributed by atoms with van der Waals surface area (Å²) in [4.78, 5) is 14.0. The summed E-state index contributed by atoms with van der Waals surface area (Å²) in [7, 11) is 0. The van der Waals surface area contributed by atoms with Crippen LogP contribution in [0.1, 0.15) is 35.7 Å². The molecular formula is C13H21N3O3. The highest BCUT2D eigenvalue weighted by Crippen LogP contribution is 2.16. The zero-order valence-electron chi connectivity index (χ0n) is 11.8. The van der Waals surface area contributed by atoms with E-state index >= 15 is 0 Å². The number of carbonyl (C=O) groups is 1. The average molecular weight is 267 g/mol.